The van der Waals surface area contributed by atoms with Gasteiger partial charge in [-0.05, 0) is 79.0 Å². The van der Waals surface area contributed by atoms with E-state index < -0.39 is 0 Å². The molecule has 1 heterocycles. The predicted molar refractivity (Wildman–Crippen MR) is 153 cm³/mol. The van der Waals surface area contributed by atoms with Crippen molar-refractivity contribution in [3.63, 3.8) is 0 Å². The molecule has 6 nitrogen and oxygen atoms in total. The number of nitrogens with one attached hydrogen (secondary N) is 2. The van der Waals surface area contributed by atoms with Crippen LogP contribution in [0, 0.1) is 0 Å². The fraction of sp³-hybridized carbons (Fsp3) is 0.152. The molecule has 5 aromatic rings. The van der Waals surface area contributed by atoms with Crippen molar-refractivity contribution in [2.45, 2.75) is 19.4 Å². The van der Waals surface area contributed by atoms with Gasteiger partial charge in [-0.25, -0.2) is 4.79 Å². The molecular weight excluding hydrogens is 488 g/mol. The fourth-order valence-corrected chi connectivity index (χ4v) is 4.40. The van der Waals surface area contributed by atoms with E-state index in [-0.39, 0.29) is 11.5 Å². The Hall–Kier alpha value is -4.68. The van der Waals surface area contributed by atoms with Crippen LogP contribution in [0.3, 0.4) is 0 Å². The highest BCUT2D eigenvalue weighted by Gasteiger charge is 2.10. The van der Waals surface area contributed by atoms with Crippen LogP contribution in [0.4, 0.5) is 0 Å². The van der Waals surface area contributed by atoms with Crippen LogP contribution in [-0.4, -0.2) is 24.0 Å². The molecule has 0 aliphatic carbocycles. The zero-order valence-corrected chi connectivity index (χ0v) is 21.6. The van der Waals surface area contributed by atoms with Gasteiger partial charge in [-0.1, -0.05) is 66.7 Å². The first-order chi connectivity index (χ1) is 19.2. The van der Waals surface area contributed by atoms with Gasteiger partial charge in [0.25, 0.3) is 0 Å². The molecule has 5 rings (SSSR count). The summed E-state index contributed by atoms with van der Waals surface area (Å²) in [6, 6.07) is 34.0. The Morgan fingerprint density at radius 2 is 1.44 bits per heavy atom. The van der Waals surface area contributed by atoms with E-state index in [1.165, 1.54) is 0 Å². The minimum atomic E-state index is -0.365. The molecular formula is C33H30N2O4. The van der Waals surface area contributed by atoms with Gasteiger partial charge in [0.15, 0.2) is 0 Å². The van der Waals surface area contributed by atoms with Gasteiger partial charge in [-0.2, -0.15) is 0 Å². The van der Waals surface area contributed by atoms with Crippen LogP contribution < -0.4 is 20.3 Å². The number of pyridine rings is 1. The summed E-state index contributed by atoms with van der Waals surface area (Å²) in [4.78, 5) is 27.3. The standard InChI is InChI=1S/C33H30N2O4/c36-31-18-16-29-26(15-17-30(32(29)35-31)38-23-25-7-3-1-4-8-25)20-22-34-21-19-24-11-13-27(14-12-24)33(37)39-28-9-5-2-6-10-28/h1-18,34H,19-23H2,(H,35,36). The van der Waals surface area contributed by atoms with E-state index in [1.54, 1.807) is 30.3 Å². The van der Waals surface area contributed by atoms with Gasteiger partial charge in [0.05, 0.1) is 11.1 Å². The van der Waals surface area contributed by atoms with E-state index in [9.17, 15) is 9.59 Å². The van der Waals surface area contributed by atoms with Crippen molar-refractivity contribution in [1.82, 2.24) is 10.3 Å². The molecule has 0 spiro atoms. The first kappa shape index (κ1) is 25.9. The van der Waals surface area contributed by atoms with Gasteiger partial charge < -0.3 is 19.8 Å². The van der Waals surface area contributed by atoms with Crippen molar-refractivity contribution in [3.8, 4) is 11.5 Å². The molecule has 0 fully saturated rings. The molecule has 0 atom stereocenters. The Morgan fingerprint density at radius 1 is 0.718 bits per heavy atom. The number of esters is 1. The van der Waals surface area contributed by atoms with E-state index in [0.717, 1.165) is 53.5 Å². The third-order valence-electron chi connectivity index (χ3n) is 6.49. The molecule has 0 aliphatic heterocycles. The van der Waals surface area contributed by atoms with Gasteiger partial charge in [-0.15, -0.1) is 0 Å². The summed E-state index contributed by atoms with van der Waals surface area (Å²) >= 11 is 0. The summed E-state index contributed by atoms with van der Waals surface area (Å²) in [5.74, 6) is 0.833. The van der Waals surface area contributed by atoms with Gasteiger partial charge in [0, 0.05) is 11.5 Å². The lowest BCUT2D eigenvalue weighted by Crippen LogP contribution is -2.20. The molecule has 0 bridgehead atoms. The number of hydrogen-bond donors (Lipinski definition) is 2. The smallest absolute Gasteiger partial charge is 0.343 e. The number of ether oxygens (including phenoxy) is 2. The van der Waals surface area contributed by atoms with Gasteiger partial charge in [0.2, 0.25) is 5.56 Å². The second-order valence-corrected chi connectivity index (χ2v) is 9.26. The minimum absolute atomic E-state index is 0.151. The Balaban J connectivity index is 1.13. The summed E-state index contributed by atoms with van der Waals surface area (Å²) in [5.41, 5.74) is 4.45. The summed E-state index contributed by atoms with van der Waals surface area (Å²) in [6.45, 7) is 2.03. The fourth-order valence-electron chi connectivity index (χ4n) is 4.40. The molecule has 0 radical (unpaired) electrons. The van der Waals surface area contributed by atoms with Crippen molar-refractivity contribution < 1.29 is 14.3 Å². The van der Waals surface area contributed by atoms with Gasteiger partial charge in [-0.3, -0.25) is 4.79 Å². The zero-order chi connectivity index (χ0) is 26.9. The van der Waals surface area contributed by atoms with Crippen LogP contribution in [0.5, 0.6) is 11.5 Å². The van der Waals surface area contributed by atoms with Crippen LogP contribution in [-0.2, 0) is 19.4 Å². The normalized spacial score (nSPS) is 10.9. The number of benzene rings is 4. The number of rotatable bonds is 11. The van der Waals surface area contributed by atoms with Crippen molar-refractivity contribution in [2.75, 3.05) is 13.1 Å². The number of carbonyl (C=O) groups is 1. The highest BCUT2D eigenvalue weighted by molar-refractivity contribution is 5.91. The molecule has 1 aromatic heterocycles. The molecule has 4 aromatic carbocycles. The lowest BCUT2D eigenvalue weighted by atomic mass is 10.0. The Labute approximate surface area is 227 Å². The number of hydrogen-bond acceptors (Lipinski definition) is 5. The number of fused-ring (bicyclic) bond motifs is 1. The number of para-hydroxylation sites is 1. The SMILES string of the molecule is O=C(Oc1ccccc1)c1ccc(CCNCCc2ccc(OCc3ccccc3)c3[nH]c(=O)ccc23)cc1. The van der Waals surface area contributed by atoms with E-state index in [1.807, 2.05) is 72.8 Å². The summed E-state index contributed by atoms with van der Waals surface area (Å²) < 4.78 is 11.4. The molecule has 0 unspecified atom stereocenters. The van der Waals surface area contributed by atoms with Crippen molar-refractivity contribution in [3.05, 3.63) is 142 Å². The molecule has 0 amide bonds. The number of carbonyl (C=O) groups excluding carboxylic acids is 1. The highest BCUT2D eigenvalue weighted by atomic mass is 16.5. The maximum Gasteiger partial charge on any atom is 0.343 e. The Kier molecular flexibility index (Phi) is 8.46. The van der Waals surface area contributed by atoms with Crippen molar-refractivity contribution in [1.29, 1.82) is 0 Å². The minimum Gasteiger partial charge on any atom is -0.487 e. The third kappa shape index (κ3) is 7.00. The Morgan fingerprint density at radius 3 is 2.21 bits per heavy atom. The predicted octanol–water partition coefficient (Wildman–Crippen LogP) is 5.70. The highest BCUT2D eigenvalue weighted by Crippen LogP contribution is 2.27. The average molecular weight is 519 g/mol. The summed E-state index contributed by atoms with van der Waals surface area (Å²) in [7, 11) is 0. The molecule has 2 N–H and O–H groups in total. The van der Waals surface area contributed by atoms with Crippen molar-refractivity contribution >= 4 is 16.9 Å². The summed E-state index contributed by atoms with van der Waals surface area (Å²) in [6.07, 6.45) is 1.65. The number of aromatic nitrogens is 1. The molecule has 0 saturated heterocycles. The van der Waals surface area contributed by atoms with Crippen LogP contribution in [0.2, 0.25) is 0 Å². The van der Waals surface area contributed by atoms with Crippen LogP contribution in [0.25, 0.3) is 10.9 Å². The second kappa shape index (κ2) is 12.7. The second-order valence-electron chi connectivity index (χ2n) is 9.26. The molecule has 6 heteroatoms. The number of aromatic amines is 1. The number of H-pyrrole nitrogens is 1. The first-order valence-electron chi connectivity index (χ1n) is 13.0. The van der Waals surface area contributed by atoms with Crippen LogP contribution >= 0.6 is 0 Å². The lowest BCUT2D eigenvalue weighted by molar-refractivity contribution is 0.0734. The molecule has 196 valence electrons. The molecule has 39 heavy (non-hydrogen) atoms. The van der Waals surface area contributed by atoms with Crippen LogP contribution in [0.1, 0.15) is 27.0 Å². The topological polar surface area (TPSA) is 80.4 Å². The monoisotopic (exact) mass is 518 g/mol. The zero-order valence-electron chi connectivity index (χ0n) is 21.6. The lowest BCUT2D eigenvalue weighted by Gasteiger charge is -2.13. The van der Waals surface area contributed by atoms with E-state index in [4.69, 9.17) is 9.47 Å². The summed E-state index contributed by atoms with van der Waals surface area (Å²) in [5, 5.41) is 4.48. The van der Waals surface area contributed by atoms with E-state index in [0.29, 0.717) is 23.7 Å². The van der Waals surface area contributed by atoms with E-state index >= 15 is 0 Å². The van der Waals surface area contributed by atoms with Gasteiger partial charge in [0.1, 0.15) is 18.1 Å². The average Bonchev–Trinajstić information content (AvgIpc) is 2.97. The maximum atomic E-state index is 12.3. The quantitative estimate of drug-likeness (QED) is 0.133. The third-order valence-corrected chi connectivity index (χ3v) is 6.49. The maximum absolute atomic E-state index is 12.3. The Bertz CT molecular complexity index is 1580. The molecule has 0 aliphatic rings. The van der Waals surface area contributed by atoms with Crippen LogP contribution in [0.15, 0.2) is 114 Å². The first-order valence-corrected chi connectivity index (χ1v) is 13.0. The molecule has 0 saturated carbocycles. The largest absolute Gasteiger partial charge is 0.487 e. The van der Waals surface area contributed by atoms with E-state index in [2.05, 4.69) is 16.4 Å². The van der Waals surface area contributed by atoms with Crippen molar-refractivity contribution in [2.24, 2.45) is 0 Å². The van der Waals surface area contributed by atoms with Gasteiger partial charge >= 0.3 is 5.97 Å².